The lowest BCUT2D eigenvalue weighted by atomic mass is 10.2. The molecular weight excluding hydrogens is 436 g/mol. The highest BCUT2D eigenvalue weighted by atomic mass is 79.9. The molecule has 0 saturated carbocycles. The number of thiophene rings is 1. The number of aryl methyl sites for hydroxylation is 1. The summed E-state index contributed by atoms with van der Waals surface area (Å²) in [4.78, 5) is 14.5. The number of fused-ring (bicyclic) bond motifs is 1. The molecular formula is C14H12Br2N2OS2. The first kappa shape index (κ1) is 15.4. The fraction of sp³-hybridized carbons (Fsp3) is 0.214. The summed E-state index contributed by atoms with van der Waals surface area (Å²) in [5.74, 6) is 2.04. The lowest BCUT2D eigenvalue weighted by Crippen LogP contribution is -2.12. The van der Waals surface area contributed by atoms with Crippen LogP contribution in [0, 0.1) is 0 Å². The lowest BCUT2D eigenvalue weighted by Gasteiger charge is -2.10. The average molecular weight is 448 g/mol. The predicted octanol–water partition coefficient (Wildman–Crippen LogP) is 4.90. The molecule has 0 radical (unpaired) electrons. The molecule has 2 aromatic rings. The fourth-order valence-corrected chi connectivity index (χ4v) is 5.78. The van der Waals surface area contributed by atoms with Crippen molar-refractivity contribution in [1.82, 2.24) is 0 Å². The van der Waals surface area contributed by atoms with Crippen LogP contribution in [0.4, 0.5) is 11.4 Å². The molecule has 3 N–H and O–H groups in total. The second-order valence-corrected chi connectivity index (χ2v) is 8.68. The van der Waals surface area contributed by atoms with Gasteiger partial charge in [0.2, 0.25) is 0 Å². The molecule has 1 aliphatic rings. The van der Waals surface area contributed by atoms with Crippen LogP contribution in [-0.4, -0.2) is 11.7 Å². The maximum absolute atomic E-state index is 12.4. The highest BCUT2D eigenvalue weighted by molar-refractivity contribution is 9.11. The Hall–Kier alpha value is -0.500. The van der Waals surface area contributed by atoms with Crippen molar-refractivity contribution in [3.8, 4) is 0 Å². The summed E-state index contributed by atoms with van der Waals surface area (Å²) in [5.41, 5.74) is 8.41. The number of thioether (sulfide) groups is 1. The predicted molar refractivity (Wildman–Crippen MR) is 98.4 cm³/mol. The summed E-state index contributed by atoms with van der Waals surface area (Å²) in [6.45, 7) is 0. The Morgan fingerprint density at radius 2 is 2.10 bits per heavy atom. The molecule has 3 rings (SSSR count). The van der Waals surface area contributed by atoms with Crippen molar-refractivity contribution in [2.24, 2.45) is 0 Å². The normalized spacial score (nSPS) is 13.8. The number of halogens is 2. The Kier molecular flexibility index (Phi) is 4.63. The smallest absolute Gasteiger partial charge is 0.265 e. The monoisotopic (exact) mass is 446 g/mol. The van der Waals surface area contributed by atoms with Crippen LogP contribution in [0.2, 0.25) is 0 Å². The standard InChI is InChI=1S/C14H12Br2N2OS2/c15-8-4-9(16)13(10(17)5-8)18-14(19)12-3-7-6-20-2-1-11(7)21-12/h3-5H,1-2,6,17H2,(H,18,19). The molecule has 0 fully saturated rings. The summed E-state index contributed by atoms with van der Waals surface area (Å²) < 4.78 is 1.63. The molecule has 7 heteroatoms. The zero-order valence-electron chi connectivity index (χ0n) is 10.9. The van der Waals surface area contributed by atoms with Gasteiger partial charge < -0.3 is 11.1 Å². The van der Waals surface area contributed by atoms with Crippen molar-refractivity contribution < 1.29 is 4.79 Å². The van der Waals surface area contributed by atoms with Crippen LogP contribution in [0.5, 0.6) is 0 Å². The van der Waals surface area contributed by atoms with Crippen LogP contribution in [-0.2, 0) is 12.2 Å². The molecule has 110 valence electrons. The molecule has 1 amide bonds. The third kappa shape index (κ3) is 3.31. The van der Waals surface area contributed by atoms with Gasteiger partial charge in [0.15, 0.2) is 0 Å². The molecule has 0 unspecified atom stereocenters. The Bertz CT molecular complexity index is 668. The van der Waals surface area contributed by atoms with E-state index in [9.17, 15) is 4.79 Å². The average Bonchev–Trinajstić information content (AvgIpc) is 2.86. The Morgan fingerprint density at radius 3 is 2.81 bits per heavy atom. The maximum atomic E-state index is 12.4. The van der Waals surface area contributed by atoms with Gasteiger partial charge in [-0.2, -0.15) is 11.8 Å². The van der Waals surface area contributed by atoms with E-state index in [1.165, 1.54) is 10.4 Å². The van der Waals surface area contributed by atoms with Crippen molar-refractivity contribution in [2.45, 2.75) is 12.2 Å². The SMILES string of the molecule is Nc1cc(Br)cc(Br)c1NC(=O)c1cc2c(s1)CCSC2. The van der Waals surface area contributed by atoms with Gasteiger partial charge in [-0.15, -0.1) is 11.3 Å². The molecule has 0 saturated heterocycles. The van der Waals surface area contributed by atoms with E-state index in [0.717, 1.165) is 31.7 Å². The minimum absolute atomic E-state index is 0.103. The summed E-state index contributed by atoms with van der Waals surface area (Å²) in [6, 6.07) is 5.64. The van der Waals surface area contributed by atoms with E-state index in [2.05, 4.69) is 37.2 Å². The molecule has 1 aromatic heterocycles. The quantitative estimate of drug-likeness (QED) is 0.644. The molecule has 2 heterocycles. The number of amides is 1. The Morgan fingerprint density at radius 1 is 1.29 bits per heavy atom. The van der Waals surface area contributed by atoms with Gasteiger partial charge in [0.05, 0.1) is 16.3 Å². The van der Waals surface area contributed by atoms with Gasteiger partial charge in [0.1, 0.15) is 0 Å². The topological polar surface area (TPSA) is 55.1 Å². The van der Waals surface area contributed by atoms with Crippen molar-refractivity contribution in [3.05, 3.63) is 42.5 Å². The molecule has 0 bridgehead atoms. The van der Waals surface area contributed by atoms with Crippen LogP contribution in [0.25, 0.3) is 0 Å². The molecule has 0 spiro atoms. The summed E-state index contributed by atoms with van der Waals surface area (Å²) in [6.07, 6.45) is 1.06. The number of hydrogen-bond acceptors (Lipinski definition) is 4. The molecule has 0 aliphatic carbocycles. The van der Waals surface area contributed by atoms with E-state index >= 15 is 0 Å². The van der Waals surface area contributed by atoms with Gasteiger partial charge in [-0.25, -0.2) is 0 Å². The van der Waals surface area contributed by atoms with E-state index in [0.29, 0.717) is 11.4 Å². The third-order valence-corrected chi connectivity index (χ3v) is 6.50. The lowest BCUT2D eigenvalue weighted by molar-refractivity contribution is 0.103. The van der Waals surface area contributed by atoms with Crippen LogP contribution in [0.1, 0.15) is 20.1 Å². The van der Waals surface area contributed by atoms with Crippen LogP contribution >= 0.6 is 55.0 Å². The maximum Gasteiger partial charge on any atom is 0.265 e. The summed E-state index contributed by atoms with van der Waals surface area (Å²) >= 11 is 10.3. The van der Waals surface area contributed by atoms with Crippen molar-refractivity contribution in [3.63, 3.8) is 0 Å². The molecule has 21 heavy (non-hydrogen) atoms. The second-order valence-electron chi connectivity index (χ2n) is 4.67. The number of rotatable bonds is 2. The second kappa shape index (κ2) is 6.32. The first-order valence-corrected chi connectivity index (χ1v) is 9.85. The van der Waals surface area contributed by atoms with E-state index in [4.69, 9.17) is 5.73 Å². The number of nitrogens with one attached hydrogen (secondary N) is 1. The van der Waals surface area contributed by atoms with Crippen LogP contribution in [0.15, 0.2) is 27.1 Å². The van der Waals surface area contributed by atoms with E-state index < -0.39 is 0 Å². The van der Waals surface area contributed by atoms with Crippen LogP contribution < -0.4 is 11.1 Å². The first-order valence-electron chi connectivity index (χ1n) is 6.30. The van der Waals surface area contributed by atoms with Gasteiger partial charge in [-0.05, 0) is 51.9 Å². The third-order valence-electron chi connectivity index (χ3n) is 3.18. The van der Waals surface area contributed by atoms with Gasteiger partial charge in [0.25, 0.3) is 5.91 Å². The number of carbonyl (C=O) groups is 1. The van der Waals surface area contributed by atoms with Crippen molar-refractivity contribution in [2.75, 3.05) is 16.8 Å². The van der Waals surface area contributed by atoms with E-state index in [1.807, 2.05) is 23.9 Å². The Balaban J connectivity index is 1.85. The molecule has 0 atom stereocenters. The minimum Gasteiger partial charge on any atom is -0.397 e. The minimum atomic E-state index is -0.103. The number of nitrogens with two attached hydrogens (primary N) is 1. The summed E-state index contributed by atoms with van der Waals surface area (Å²) in [5, 5.41) is 2.90. The number of carbonyl (C=O) groups excluding carboxylic acids is 1. The molecule has 3 nitrogen and oxygen atoms in total. The zero-order valence-corrected chi connectivity index (χ0v) is 15.7. The number of anilines is 2. The molecule has 1 aliphatic heterocycles. The van der Waals surface area contributed by atoms with Gasteiger partial charge >= 0.3 is 0 Å². The van der Waals surface area contributed by atoms with Gasteiger partial charge in [-0.1, -0.05) is 15.9 Å². The highest BCUT2D eigenvalue weighted by Gasteiger charge is 2.19. The zero-order chi connectivity index (χ0) is 15.0. The summed E-state index contributed by atoms with van der Waals surface area (Å²) in [7, 11) is 0. The van der Waals surface area contributed by atoms with Crippen molar-refractivity contribution in [1.29, 1.82) is 0 Å². The highest BCUT2D eigenvalue weighted by Crippen LogP contribution is 2.35. The number of benzene rings is 1. The fourth-order valence-electron chi connectivity index (χ4n) is 2.16. The molecule has 1 aromatic carbocycles. The first-order chi connectivity index (χ1) is 10.0. The Labute approximate surface area is 147 Å². The van der Waals surface area contributed by atoms with Gasteiger partial charge in [-0.3, -0.25) is 4.79 Å². The largest absolute Gasteiger partial charge is 0.397 e. The van der Waals surface area contributed by atoms with E-state index in [-0.39, 0.29) is 5.91 Å². The van der Waals surface area contributed by atoms with E-state index in [1.54, 1.807) is 17.4 Å². The van der Waals surface area contributed by atoms with Crippen LogP contribution in [0.3, 0.4) is 0 Å². The number of nitrogen functional groups attached to an aromatic ring is 1. The number of hydrogen-bond donors (Lipinski definition) is 2. The van der Waals surface area contributed by atoms with Gasteiger partial charge in [0, 0.05) is 19.6 Å². The van der Waals surface area contributed by atoms with Crippen molar-refractivity contribution >= 4 is 72.2 Å².